The first-order chi connectivity index (χ1) is 25.2. The molecule has 9 rings (SSSR count). The molecule has 234 valence electrons. The Labute approximate surface area is 294 Å². The van der Waals surface area contributed by atoms with E-state index in [2.05, 4.69) is 102 Å². The predicted molar refractivity (Wildman–Crippen MR) is 206 cm³/mol. The number of rotatable bonds is 4. The monoisotopic (exact) mass is 646 g/mol. The van der Waals surface area contributed by atoms with Crippen molar-refractivity contribution in [3.05, 3.63) is 174 Å². The highest BCUT2D eigenvalue weighted by Gasteiger charge is 2.23. The Kier molecular flexibility index (Phi) is 6.93. The van der Waals surface area contributed by atoms with E-state index in [9.17, 15) is 15.8 Å². The maximum absolute atomic E-state index is 10.8. The summed E-state index contributed by atoms with van der Waals surface area (Å²) in [6.07, 6.45) is 0. The Morgan fingerprint density at radius 2 is 0.863 bits per heavy atom. The van der Waals surface area contributed by atoms with Crippen LogP contribution >= 0.6 is 0 Å². The minimum absolute atomic E-state index is 0.376. The van der Waals surface area contributed by atoms with E-state index in [4.69, 9.17) is 0 Å². The Morgan fingerprint density at radius 3 is 1.41 bits per heavy atom. The molecule has 9 aromatic rings. The van der Waals surface area contributed by atoms with Crippen LogP contribution in [0.25, 0.3) is 82.4 Å². The number of aromatic nitrogens is 1. The summed E-state index contributed by atoms with van der Waals surface area (Å²) < 4.78 is 2.19. The van der Waals surface area contributed by atoms with Crippen LogP contribution in [0, 0.1) is 34.0 Å². The molecule has 8 aromatic carbocycles. The van der Waals surface area contributed by atoms with E-state index in [1.54, 1.807) is 6.07 Å². The number of hydrogen-bond donors (Lipinski definition) is 0. The molecule has 4 nitrogen and oxygen atoms in total. The lowest BCUT2D eigenvalue weighted by atomic mass is 9.81. The fraction of sp³-hybridized carbons (Fsp3) is 0. The van der Waals surface area contributed by atoms with Gasteiger partial charge in [0.2, 0.25) is 0 Å². The summed E-state index contributed by atoms with van der Waals surface area (Å²) in [5.41, 5.74) is 9.45. The fourth-order valence-corrected chi connectivity index (χ4v) is 7.77. The van der Waals surface area contributed by atoms with E-state index in [0.717, 1.165) is 76.9 Å². The van der Waals surface area contributed by atoms with Crippen molar-refractivity contribution in [1.29, 1.82) is 15.8 Å². The summed E-state index contributed by atoms with van der Waals surface area (Å²) in [6.45, 7) is 0. The van der Waals surface area contributed by atoms with Crippen LogP contribution < -0.4 is 0 Å². The van der Waals surface area contributed by atoms with Gasteiger partial charge in [0.15, 0.2) is 0 Å². The van der Waals surface area contributed by atoms with E-state index in [1.807, 2.05) is 72.8 Å². The molecule has 0 aliphatic heterocycles. The predicted octanol–water partition coefficient (Wildman–Crippen LogP) is 11.7. The number of para-hydroxylation sites is 2. The maximum atomic E-state index is 10.8. The normalized spacial score (nSPS) is 11.1. The van der Waals surface area contributed by atoms with Crippen molar-refractivity contribution in [1.82, 2.24) is 4.57 Å². The van der Waals surface area contributed by atoms with Crippen LogP contribution in [0.2, 0.25) is 0 Å². The second-order valence-electron chi connectivity index (χ2n) is 12.6. The third-order valence-electron chi connectivity index (χ3n) is 9.83. The first-order valence-electron chi connectivity index (χ1n) is 16.7. The van der Waals surface area contributed by atoms with E-state index in [0.29, 0.717) is 22.3 Å². The van der Waals surface area contributed by atoms with Gasteiger partial charge in [-0.25, -0.2) is 0 Å². The molecule has 0 aliphatic rings. The zero-order valence-electron chi connectivity index (χ0n) is 27.3. The lowest BCUT2D eigenvalue weighted by Crippen LogP contribution is -1.99. The summed E-state index contributed by atoms with van der Waals surface area (Å²) in [6, 6.07) is 60.1. The van der Waals surface area contributed by atoms with Crippen molar-refractivity contribution in [3.63, 3.8) is 0 Å². The molecule has 0 bridgehead atoms. The van der Waals surface area contributed by atoms with Crippen LogP contribution in [-0.4, -0.2) is 4.57 Å². The van der Waals surface area contributed by atoms with Crippen molar-refractivity contribution in [3.8, 4) is 57.3 Å². The number of nitrogens with zero attached hydrogens (tertiary/aromatic N) is 4. The number of fused-ring (bicyclic) bond motifs is 5. The average molecular weight is 647 g/mol. The van der Waals surface area contributed by atoms with Gasteiger partial charge in [0.1, 0.15) is 0 Å². The minimum atomic E-state index is 0.376. The van der Waals surface area contributed by atoms with Gasteiger partial charge >= 0.3 is 0 Å². The molecule has 1 aromatic heterocycles. The van der Waals surface area contributed by atoms with Crippen LogP contribution in [0.4, 0.5) is 0 Å². The van der Waals surface area contributed by atoms with Crippen LogP contribution in [0.15, 0.2) is 158 Å². The third-order valence-corrected chi connectivity index (χ3v) is 9.83. The highest BCUT2D eigenvalue weighted by atomic mass is 15.0. The second kappa shape index (κ2) is 11.9. The van der Waals surface area contributed by atoms with Crippen LogP contribution in [0.5, 0.6) is 0 Å². The van der Waals surface area contributed by atoms with E-state index in [1.165, 1.54) is 0 Å². The molecule has 51 heavy (non-hydrogen) atoms. The van der Waals surface area contributed by atoms with Crippen LogP contribution in [-0.2, 0) is 0 Å². The standard InChI is InChI=1S/C47H26N4/c48-27-30-22-33(26-35(24-30)51-43-20-10-8-14-36(43)37-15-9-11-21-44(37)51)42-25-31(28-49)23-34(29-50)46(42)47-40-18-6-4-16-38(40)45(32-12-2-1-3-13-32)39-17-5-7-19-41(39)47/h1-26H. The van der Waals surface area contributed by atoms with Gasteiger partial charge in [-0.3, -0.25) is 0 Å². The first kappa shape index (κ1) is 29.7. The summed E-state index contributed by atoms with van der Waals surface area (Å²) >= 11 is 0. The maximum Gasteiger partial charge on any atom is 0.0998 e. The second-order valence-corrected chi connectivity index (χ2v) is 12.6. The Hall–Kier alpha value is -7.45. The fourth-order valence-electron chi connectivity index (χ4n) is 7.77. The summed E-state index contributed by atoms with van der Waals surface area (Å²) in [4.78, 5) is 0. The molecular formula is C47H26N4. The minimum Gasteiger partial charge on any atom is -0.309 e. The highest BCUT2D eigenvalue weighted by molar-refractivity contribution is 6.23. The molecule has 4 heteroatoms. The molecule has 0 saturated heterocycles. The van der Waals surface area contributed by atoms with Crippen molar-refractivity contribution in [2.24, 2.45) is 0 Å². The van der Waals surface area contributed by atoms with Crippen molar-refractivity contribution in [2.45, 2.75) is 0 Å². The molecule has 0 amide bonds. The molecule has 1 heterocycles. The van der Waals surface area contributed by atoms with Crippen LogP contribution in [0.3, 0.4) is 0 Å². The summed E-state index contributed by atoms with van der Waals surface area (Å²) in [7, 11) is 0. The van der Waals surface area contributed by atoms with Gasteiger partial charge in [0, 0.05) is 22.0 Å². The smallest absolute Gasteiger partial charge is 0.0998 e. The molecular weight excluding hydrogens is 621 g/mol. The van der Waals surface area contributed by atoms with Gasteiger partial charge in [-0.05, 0) is 91.8 Å². The summed E-state index contributed by atoms with van der Waals surface area (Å²) in [5.74, 6) is 0. The molecule has 0 fully saturated rings. The number of nitriles is 3. The zero-order chi connectivity index (χ0) is 34.5. The number of benzene rings is 8. The van der Waals surface area contributed by atoms with Crippen LogP contribution in [0.1, 0.15) is 16.7 Å². The van der Waals surface area contributed by atoms with E-state index < -0.39 is 0 Å². The van der Waals surface area contributed by atoms with E-state index >= 15 is 0 Å². The van der Waals surface area contributed by atoms with Gasteiger partial charge in [0.05, 0.1) is 45.9 Å². The Balaban J connectivity index is 1.42. The lowest BCUT2D eigenvalue weighted by Gasteiger charge is -2.21. The topological polar surface area (TPSA) is 76.3 Å². The molecule has 0 radical (unpaired) electrons. The quantitative estimate of drug-likeness (QED) is 0.179. The van der Waals surface area contributed by atoms with E-state index in [-0.39, 0.29) is 0 Å². The van der Waals surface area contributed by atoms with Gasteiger partial charge in [-0.1, -0.05) is 115 Å². The Morgan fingerprint density at radius 1 is 0.373 bits per heavy atom. The van der Waals surface area contributed by atoms with Gasteiger partial charge < -0.3 is 4.57 Å². The zero-order valence-corrected chi connectivity index (χ0v) is 27.3. The molecule has 0 aliphatic carbocycles. The largest absolute Gasteiger partial charge is 0.309 e. The molecule has 0 unspecified atom stereocenters. The molecule has 0 saturated carbocycles. The summed E-state index contributed by atoms with van der Waals surface area (Å²) in [5, 5.41) is 37.8. The van der Waals surface area contributed by atoms with Crippen molar-refractivity contribution < 1.29 is 0 Å². The average Bonchev–Trinajstić information content (AvgIpc) is 3.54. The van der Waals surface area contributed by atoms with Gasteiger partial charge in [-0.15, -0.1) is 0 Å². The number of hydrogen-bond acceptors (Lipinski definition) is 3. The Bertz CT molecular complexity index is 2890. The van der Waals surface area contributed by atoms with Gasteiger partial charge in [-0.2, -0.15) is 15.8 Å². The van der Waals surface area contributed by atoms with Crippen molar-refractivity contribution in [2.75, 3.05) is 0 Å². The third kappa shape index (κ3) is 4.66. The SMILES string of the molecule is N#Cc1cc(-c2cc(C#N)cc(C#N)c2-c2c3ccccc3c(-c3ccccc3)c3ccccc23)cc(-n2c3ccccc3c3ccccc32)c1. The lowest BCUT2D eigenvalue weighted by molar-refractivity contribution is 1.18. The van der Waals surface area contributed by atoms with Crippen molar-refractivity contribution >= 4 is 43.4 Å². The molecule has 0 atom stereocenters. The molecule has 0 N–H and O–H groups in total. The molecule has 0 spiro atoms. The highest BCUT2D eigenvalue weighted by Crippen LogP contribution is 2.48. The first-order valence-corrected chi connectivity index (χ1v) is 16.7. The van der Waals surface area contributed by atoms with Gasteiger partial charge in [0.25, 0.3) is 0 Å².